The molecule has 5 rings (SSSR count). The molecule has 6 heteroatoms. The number of aromatic amines is 1. The van der Waals surface area contributed by atoms with Gasteiger partial charge in [-0.25, -0.2) is 4.98 Å². The second-order valence-electron chi connectivity index (χ2n) is 7.11. The highest BCUT2D eigenvalue weighted by Crippen LogP contribution is 2.27. The van der Waals surface area contributed by atoms with E-state index >= 15 is 0 Å². The van der Waals surface area contributed by atoms with E-state index in [9.17, 15) is 4.79 Å². The normalized spacial score (nSPS) is 28.1. The van der Waals surface area contributed by atoms with Crippen LogP contribution in [-0.4, -0.2) is 53.0 Å². The Morgan fingerprint density at radius 1 is 1.16 bits per heavy atom. The van der Waals surface area contributed by atoms with Crippen molar-refractivity contribution >= 4 is 22.6 Å². The van der Waals surface area contributed by atoms with E-state index < -0.39 is 0 Å². The maximum absolute atomic E-state index is 12.9. The lowest BCUT2D eigenvalue weighted by molar-refractivity contribution is -0.131. The third-order valence-electron chi connectivity index (χ3n) is 5.49. The number of allylic oxidation sites excluding steroid dienone is 2. The summed E-state index contributed by atoms with van der Waals surface area (Å²) in [4.78, 5) is 22.9. The van der Waals surface area contributed by atoms with E-state index in [4.69, 9.17) is 0 Å². The molecule has 128 valence electrons. The molecule has 2 saturated heterocycles. The van der Waals surface area contributed by atoms with Gasteiger partial charge in [-0.3, -0.25) is 4.79 Å². The molecule has 1 aromatic heterocycles. The molecule has 2 fully saturated rings. The fourth-order valence-electron chi connectivity index (χ4n) is 4.13. The molecule has 6 nitrogen and oxygen atoms in total. The molecule has 0 radical (unpaired) electrons. The molecule has 3 aliphatic rings. The van der Waals surface area contributed by atoms with Crippen molar-refractivity contribution in [3.8, 4) is 0 Å². The van der Waals surface area contributed by atoms with Crippen LogP contribution in [0.2, 0.25) is 0 Å². The number of rotatable bonds is 2. The summed E-state index contributed by atoms with van der Waals surface area (Å²) in [6.45, 7) is 3.80. The Bertz CT molecular complexity index is 838. The molecular formula is C19H21N5O. The summed E-state index contributed by atoms with van der Waals surface area (Å²) >= 11 is 0. The van der Waals surface area contributed by atoms with E-state index in [0.29, 0.717) is 11.8 Å². The predicted octanol–water partition coefficient (Wildman–Crippen LogP) is 1.11. The van der Waals surface area contributed by atoms with Gasteiger partial charge >= 0.3 is 0 Å². The molecule has 4 heterocycles. The van der Waals surface area contributed by atoms with Crippen molar-refractivity contribution in [2.45, 2.75) is 6.04 Å². The lowest BCUT2D eigenvalue weighted by Gasteiger charge is -2.25. The van der Waals surface area contributed by atoms with E-state index in [2.05, 4.69) is 20.6 Å². The first-order chi connectivity index (χ1) is 12.3. The highest BCUT2D eigenvalue weighted by atomic mass is 16.2. The third kappa shape index (κ3) is 2.53. The Morgan fingerprint density at radius 2 is 1.96 bits per heavy atom. The maximum Gasteiger partial charge on any atom is 0.249 e. The van der Waals surface area contributed by atoms with Gasteiger partial charge in [0, 0.05) is 26.2 Å². The molecule has 0 aliphatic carbocycles. The molecule has 3 aliphatic heterocycles. The minimum atomic E-state index is -0.319. The second kappa shape index (κ2) is 5.74. The van der Waals surface area contributed by atoms with Gasteiger partial charge in [0.15, 0.2) is 5.82 Å². The first-order valence-electron chi connectivity index (χ1n) is 8.87. The van der Waals surface area contributed by atoms with Crippen LogP contribution in [0, 0.1) is 11.8 Å². The van der Waals surface area contributed by atoms with Crippen molar-refractivity contribution in [1.82, 2.24) is 25.5 Å². The topological polar surface area (TPSA) is 73.0 Å². The van der Waals surface area contributed by atoms with Crippen LogP contribution in [0.1, 0.15) is 5.82 Å². The van der Waals surface area contributed by atoms with Gasteiger partial charge in [-0.1, -0.05) is 24.3 Å². The molecule has 0 saturated carbocycles. The van der Waals surface area contributed by atoms with Crippen LogP contribution in [0.3, 0.4) is 0 Å². The zero-order chi connectivity index (χ0) is 16.8. The summed E-state index contributed by atoms with van der Waals surface area (Å²) in [5.41, 5.74) is 2.79. The largest absolute Gasteiger partial charge is 0.368 e. The molecule has 25 heavy (non-hydrogen) atoms. The van der Waals surface area contributed by atoms with Crippen molar-refractivity contribution < 1.29 is 4.79 Å². The Morgan fingerprint density at radius 3 is 2.76 bits per heavy atom. The maximum atomic E-state index is 12.9. The van der Waals surface area contributed by atoms with Crippen LogP contribution in [0.5, 0.6) is 0 Å². The van der Waals surface area contributed by atoms with Crippen LogP contribution in [0.25, 0.3) is 16.7 Å². The van der Waals surface area contributed by atoms with Gasteiger partial charge in [0.1, 0.15) is 6.04 Å². The molecule has 3 N–H and O–H groups in total. The smallest absolute Gasteiger partial charge is 0.249 e. The van der Waals surface area contributed by atoms with Gasteiger partial charge in [0.2, 0.25) is 5.91 Å². The highest BCUT2D eigenvalue weighted by Gasteiger charge is 2.39. The Balaban J connectivity index is 1.33. The number of H-pyrrole nitrogens is 1. The zero-order valence-electron chi connectivity index (χ0n) is 13.9. The number of likely N-dealkylation sites (tertiary alicyclic amines) is 1. The Labute approximate surface area is 146 Å². The quantitative estimate of drug-likeness (QED) is 0.769. The zero-order valence-corrected chi connectivity index (χ0v) is 13.9. The molecule has 3 atom stereocenters. The van der Waals surface area contributed by atoms with E-state index in [1.807, 2.05) is 47.4 Å². The average molecular weight is 335 g/mol. The molecule has 3 unspecified atom stereocenters. The van der Waals surface area contributed by atoms with Crippen LogP contribution < -0.4 is 10.6 Å². The van der Waals surface area contributed by atoms with Crippen LogP contribution in [0.4, 0.5) is 0 Å². The lowest BCUT2D eigenvalue weighted by Crippen LogP contribution is -2.45. The van der Waals surface area contributed by atoms with Crippen molar-refractivity contribution in [3.63, 3.8) is 0 Å². The third-order valence-corrected chi connectivity index (χ3v) is 5.49. The lowest BCUT2D eigenvalue weighted by atomic mass is 10.0. The standard InChI is InChI=1S/C19H21N5O/c25-19(24-10-12-8-20-9-13(12)11-24)17-7-3-6-16(21-17)18-22-14-4-1-2-5-15(14)23-18/h1-7,12-13,17,20-21H,8-11H2,(H,22,23). The van der Waals surface area contributed by atoms with Gasteiger partial charge in [0.25, 0.3) is 0 Å². The number of hydrogen-bond acceptors (Lipinski definition) is 4. The molecule has 2 aromatic rings. The summed E-state index contributed by atoms with van der Waals surface area (Å²) in [6, 6.07) is 7.62. The number of nitrogens with zero attached hydrogens (tertiary/aromatic N) is 2. The minimum absolute atomic E-state index is 0.160. The number of nitrogens with one attached hydrogen (secondary N) is 3. The van der Waals surface area contributed by atoms with Gasteiger partial charge in [-0.2, -0.15) is 0 Å². The van der Waals surface area contributed by atoms with Crippen LogP contribution in [-0.2, 0) is 4.79 Å². The van der Waals surface area contributed by atoms with Crippen LogP contribution >= 0.6 is 0 Å². The average Bonchev–Trinajstić information content (AvgIpc) is 3.34. The number of carbonyl (C=O) groups is 1. The number of imidazole rings is 1. The minimum Gasteiger partial charge on any atom is -0.368 e. The number of fused-ring (bicyclic) bond motifs is 2. The van der Waals surface area contributed by atoms with E-state index in [-0.39, 0.29) is 11.9 Å². The molecular weight excluding hydrogens is 314 g/mol. The molecule has 1 aromatic carbocycles. The summed E-state index contributed by atoms with van der Waals surface area (Å²) < 4.78 is 0. The van der Waals surface area contributed by atoms with Gasteiger partial charge in [-0.05, 0) is 30.0 Å². The number of aromatic nitrogens is 2. The number of hydrogen-bond donors (Lipinski definition) is 3. The number of carbonyl (C=O) groups excluding carboxylic acids is 1. The Kier molecular flexibility index (Phi) is 3.38. The summed E-state index contributed by atoms with van der Waals surface area (Å²) in [6.07, 6.45) is 5.84. The monoisotopic (exact) mass is 335 g/mol. The summed E-state index contributed by atoms with van der Waals surface area (Å²) in [7, 11) is 0. The van der Waals surface area contributed by atoms with Gasteiger partial charge in [0.05, 0.1) is 16.7 Å². The van der Waals surface area contributed by atoms with E-state index in [1.165, 1.54) is 0 Å². The van der Waals surface area contributed by atoms with Crippen molar-refractivity contribution in [1.29, 1.82) is 0 Å². The molecule has 0 spiro atoms. The van der Waals surface area contributed by atoms with Crippen LogP contribution in [0.15, 0.2) is 42.5 Å². The summed E-state index contributed by atoms with van der Waals surface area (Å²) in [5.74, 6) is 2.15. The van der Waals surface area contributed by atoms with E-state index in [1.54, 1.807) is 0 Å². The number of benzene rings is 1. The van der Waals surface area contributed by atoms with Crippen molar-refractivity contribution in [2.75, 3.05) is 26.2 Å². The SMILES string of the molecule is O=C(C1C=CC=C(c2nc3ccccc3[nH]2)N1)N1CC2CNCC2C1. The number of amides is 1. The second-order valence-corrected chi connectivity index (χ2v) is 7.11. The Hall–Kier alpha value is -2.60. The predicted molar refractivity (Wildman–Crippen MR) is 96.6 cm³/mol. The first-order valence-corrected chi connectivity index (χ1v) is 8.87. The van der Waals surface area contributed by atoms with Crippen molar-refractivity contribution in [2.24, 2.45) is 11.8 Å². The van der Waals surface area contributed by atoms with Gasteiger partial charge < -0.3 is 20.5 Å². The fourth-order valence-corrected chi connectivity index (χ4v) is 4.13. The number of para-hydroxylation sites is 2. The van der Waals surface area contributed by atoms with E-state index in [0.717, 1.165) is 48.7 Å². The van der Waals surface area contributed by atoms with Gasteiger partial charge in [-0.15, -0.1) is 0 Å². The molecule has 1 amide bonds. The van der Waals surface area contributed by atoms with Crippen molar-refractivity contribution in [3.05, 3.63) is 48.3 Å². The summed E-state index contributed by atoms with van der Waals surface area (Å²) in [5, 5.41) is 6.76. The highest BCUT2D eigenvalue weighted by molar-refractivity contribution is 5.87. The first kappa shape index (κ1) is 14.7. The number of dihydropyridines is 1. The molecule has 0 bridgehead atoms. The fraction of sp³-hybridized carbons (Fsp3) is 0.368.